The SMILES string of the molecule is CCCNc1cccc(C(=O)NN(C)C)c1[N+](=O)[O-]. The molecule has 0 heterocycles. The molecular formula is C12H18N4O3. The van der Waals surface area contributed by atoms with E-state index in [2.05, 4.69) is 10.7 Å². The van der Waals surface area contributed by atoms with E-state index in [0.717, 1.165) is 6.42 Å². The van der Waals surface area contributed by atoms with Crippen molar-refractivity contribution in [3.8, 4) is 0 Å². The maximum absolute atomic E-state index is 11.9. The number of hydrogen-bond acceptors (Lipinski definition) is 5. The third-order valence-corrected chi connectivity index (χ3v) is 2.35. The van der Waals surface area contributed by atoms with Crippen LogP contribution in [0.4, 0.5) is 11.4 Å². The van der Waals surface area contributed by atoms with Crippen LogP contribution in [0, 0.1) is 10.1 Å². The fraction of sp³-hybridized carbons (Fsp3) is 0.417. The van der Waals surface area contributed by atoms with Gasteiger partial charge in [0.1, 0.15) is 11.3 Å². The zero-order chi connectivity index (χ0) is 14.4. The number of carbonyl (C=O) groups is 1. The molecule has 0 atom stereocenters. The number of nitrogens with one attached hydrogen (secondary N) is 2. The first-order valence-electron chi connectivity index (χ1n) is 5.97. The van der Waals surface area contributed by atoms with Gasteiger partial charge in [-0.1, -0.05) is 13.0 Å². The topological polar surface area (TPSA) is 87.5 Å². The van der Waals surface area contributed by atoms with Crippen molar-refractivity contribution < 1.29 is 9.72 Å². The number of hydrogen-bond donors (Lipinski definition) is 2. The number of carbonyl (C=O) groups excluding carboxylic acids is 1. The summed E-state index contributed by atoms with van der Waals surface area (Å²) in [6, 6.07) is 4.66. The Balaban J connectivity index is 3.16. The van der Waals surface area contributed by atoms with Crippen LogP contribution in [0.25, 0.3) is 0 Å². The number of benzene rings is 1. The average Bonchev–Trinajstić information content (AvgIpc) is 2.34. The summed E-state index contributed by atoms with van der Waals surface area (Å²) in [6.07, 6.45) is 0.839. The van der Waals surface area contributed by atoms with Gasteiger partial charge in [0.2, 0.25) is 0 Å². The van der Waals surface area contributed by atoms with E-state index in [4.69, 9.17) is 0 Å². The molecule has 0 unspecified atom stereocenters. The van der Waals surface area contributed by atoms with E-state index < -0.39 is 10.8 Å². The molecule has 0 aliphatic carbocycles. The first kappa shape index (κ1) is 14.9. The van der Waals surface area contributed by atoms with Crippen molar-refractivity contribution >= 4 is 17.3 Å². The number of nitro groups is 1. The second kappa shape index (κ2) is 6.69. The van der Waals surface area contributed by atoms with E-state index in [1.165, 1.54) is 11.1 Å². The molecule has 0 aliphatic rings. The summed E-state index contributed by atoms with van der Waals surface area (Å²) in [4.78, 5) is 22.6. The molecule has 0 bridgehead atoms. The standard InChI is InChI=1S/C12H18N4O3/c1-4-8-13-10-7-5-6-9(11(10)16(18)19)12(17)14-15(2)3/h5-7,13H,4,8H2,1-3H3,(H,14,17). The largest absolute Gasteiger partial charge is 0.379 e. The molecule has 0 fully saturated rings. The summed E-state index contributed by atoms with van der Waals surface area (Å²) in [5.74, 6) is -0.503. The van der Waals surface area contributed by atoms with Crippen molar-refractivity contribution in [2.75, 3.05) is 26.0 Å². The van der Waals surface area contributed by atoms with Crippen LogP contribution in [0.15, 0.2) is 18.2 Å². The van der Waals surface area contributed by atoms with Crippen LogP contribution in [0.5, 0.6) is 0 Å². The minimum atomic E-state index is -0.539. The van der Waals surface area contributed by atoms with Crippen LogP contribution in [0.3, 0.4) is 0 Å². The fourth-order valence-electron chi connectivity index (χ4n) is 1.59. The highest BCUT2D eigenvalue weighted by molar-refractivity contribution is 6.00. The summed E-state index contributed by atoms with van der Waals surface area (Å²) in [6.45, 7) is 2.57. The lowest BCUT2D eigenvalue weighted by Crippen LogP contribution is -2.36. The first-order valence-corrected chi connectivity index (χ1v) is 5.97. The van der Waals surface area contributed by atoms with Gasteiger partial charge in [-0.15, -0.1) is 0 Å². The van der Waals surface area contributed by atoms with Crippen LogP contribution in [-0.4, -0.2) is 36.5 Å². The van der Waals surface area contributed by atoms with E-state index in [9.17, 15) is 14.9 Å². The highest BCUT2D eigenvalue weighted by Gasteiger charge is 2.24. The van der Waals surface area contributed by atoms with Crippen molar-refractivity contribution in [2.45, 2.75) is 13.3 Å². The van der Waals surface area contributed by atoms with Crippen molar-refractivity contribution in [1.29, 1.82) is 0 Å². The molecule has 1 aromatic rings. The highest BCUT2D eigenvalue weighted by atomic mass is 16.6. The third kappa shape index (κ3) is 3.92. The monoisotopic (exact) mass is 266 g/mol. The second-order valence-electron chi connectivity index (χ2n) is 4.22. The number of nitro benzene ring substituents is 1. The minimum Gasteiger partial charge on any atom is -0.379 e. The van der Waals surface area contributed by atoms with Gasteiger partial charge < -0.3 is 5.32 Å². The van der Waals surface area contributed by atoms with Crippen molar-refractivity contribution in [3.05, 3.63) is 33.9 Å². The predicted molar refractivity (Wildman–Crippen MR) is 73.0 cm³/mol. The molecule has 0 saturated heterocycles. The number of nitrogens with zero attached hydrogens (tertiary/aromatic N) is 2. The lowest BCUT2D eigenvalue weighted by Gasteiger charge is -2.13. The van der Waals surface area contributed by atoms with Gasteiger partial charge in [0, 0.05) is 20.6 Å². The summed E-state index contributed by atoms with van der Waals surface area (Å²) < 4.78 is 0. The molecule has 2 N–H and O–H groups in total. The van der Waals surface area contributed by atoms with Gasteiger partial charge in [-0.05, 0) is 18.6 Å². The second-order valence-corrected chi connectivity index (χ2v) is 4.22. The van der Waals surface area contributed by atoms with Crippen LogP contribution in [0.1, 0.15) is 23.7 Å². The third-order valence-electron chi connectivity index (χ3n) is 2.35. The Morgan fingerprint density at radius 2 is 2.11 bits per heavy atom. The van der Waals surface area contributed by atoms with Crippen LogP contribution >= 0.6 is 0 Å². The minimum absolute atomic E-state index is 0.0415. The van der Waals surface area contributed by atoms with Crippen LogP contribution in [0.2, 0.25) is 0 Å². The van der Waals surface area contributed by atoms with Crippen molar-refractivity contribution in [3.63, 3.8) is 0 Å². The van der Waals surface area contributed by atoms with Crippen LogP contribution < -0.4 is 10.7 Å². The van der Waals surface area contributed by atoms with Gasteiger partial charge in [0.15, 0.2) is 0 Å². The summed E-state index contributed by atoms with van der Waals surface area (Å²) in [5.41, 5.74) is 2.70. The highest BCUT2D eigenvalue weighted by Crippen LogP contribution is 2.28. The number of hydrazine groups is 1. The molecule has 0 spiro atoms. The zero-order valence-electron chi connectivity index (χ0n) is 11.3. The molecule has 7 heteroatoms. The molecule has 1 rings (SSSR count). The number of amides is 1. The molecule has 0 aromatic heterocycles. The average molecular weight is 266 g/mol. The lowest BCUT2D eigenvalue weighted by molar-refractivity contribution is -0.384. The van der Waals surface area contributed by atoms with Gasteiger partial charge in [-0.25, -0.2) is 5.01 Å². The zero-order valence-corrected chi connectivity index (χ0v) is 11.3. The fourth-order valence-corrected chi connectivity index (χ4v) is 1.59. The summed E-state index contributed by atoms with van der Waals surface area (Å²) in [7, 11) is 3.28. The van der Waals surface area contributed by atoms with Crippen LogP contribution in [-0.2, 0) is 0 Å². The molecule has 1 aromatic carbocycles. The Morgan fingerprint density at radius 3 is 2.63 bits per heavy atom. The normalized spacial score (nSPS) is 10.3. The predicted octanol–water partition coefficient (Wildman–Crippen LogP) is 1.62. The Labute approximate surface area is 111 Å². The Hall–Kier alpha value is -2.15. The molecule has 0 radical (unpaired) electrons. The molecule has 0 saturated carbocycles. The molecule has 0 aliphatic heterocycles. The summed E-state index contributed by atoms with van der Waals surface area (Å²) >= 11 is 0. The Morgan fingerprint density at radius 1 is 1.42 bits per heavy atom. The van der Waals surface area contributed by atoms with E-state index in [-0.39, 0.29) is 11.3 Å². The van der Waals surface area contributed by atoms with Gasteiger partial charge in [-0.3, -0.25) is 20.3 Å². The van der Waals surface area contributed by atoms with Gasteiger partial charge >= 0.3 is 5.69 Å². The maximum Gasteiger partial charge on any atom is 0.305 e. The molecule has 104 valence electrons. The van der Waals surface area contributed by atoms with Gasteiger partial charge in [-0.2, -0.15) is 0 Å². The van der Waals surface area contributed by atoms with E-state index in [0.29, 0.717) is 12.2 Å². The van der Waals surface area contributed by atoms with Crippen molar-refractivity contribution in [1.82, 2.24) is 10.4 Å². The Kier molecular flexibility index (Phi) is 5.25. The molecular weight excluding hydrogens is 248 g/mol. The first-order chi connectivity index (χ1) is 8.97. The van der Waals surface area contributed by atoms with E-state index >= 15 is 0 Å². The van der Waals surface area contributed by atoms with Crippen molar-refractivity contribution in [2.24, 2.45) is 0 Å². The molecule has 7 nitrogen and oxygen atoms in total. The molecule has 19 heavy (non-hydrogen) atoms. The maximum atomic E-state index is 11.9. The van der Waals surface area contributed by atoms with E-state index in [1.807, 2.05) is 6.92 Å². The Bertz CT molecular complexity index is 474. The van der Waals surface area contributed by atoms with Gasteiger partial charge in [0.25, 0.3) is 5.91 Å². The quantitative estimate of drug-likeness (QED) is 0.603. The van der Waals surface area contributed by atoms with E-state index in [1.54, 1.807) is 26.2 Å². The summed E-state index contributed by atoms with van der Waals surface area (Å²) in [5, 5.41) is 15.6. The number of rotatable bonds is 6. The smallest absolute Gasteiger partial charge is 0.305 e. The number of anilines is 1. The lowest BCUT2D eigenvalue weighted by atomic mass is 10.1. The number of para-hydroxylation sites is 1. The molecule has 1 amide bonds. The van der Waals surface area contributed by atoms with Gasteiger partial charge in [0.05, 0.1) is 4.92 Å².